The van der Waals surface area contributed by atoms with Crippen LogP contribution in [0, 0.1) is 4.64 Å². The van der Waals surface area contributed by atoms with Crippen molar-refractivity contribution in [2.24, 2.45) is 0 Å². The number of nitrogens with one attached hydrogen (secondary N) is 1. The van der Waals surface area contributed by atoms with Crippen LogP contribution in [0.15, 0.2) is 4.47 Å². The van der Waals surface area contributed by atoms with E-state index >= 15 is 0 Å². The van der Waals surface area contributed by atoms with Crippen molar-refractivity contribution in [3.63, 3.8) is 0 Å². The lowest BCUT2D eigenvalue weighted by molar-refractivity contribution is 0.599. The quantitative estimate of drug-likeness (QED) is 0.868. The summed E-state index contributed by atoms with van der Waals surface area (Å²) < 4.78 is 23.5. The van der Waals surface area contributed by atoms with E-state index < -0.39 is 9.84 Å². The van der Waals surface area contributed by atoms with Gasteiger partial charge in [0.1, 0.15) is 16.2 Å². The summed E-state index contributed by atoms with van der Waals surface area (Å²) in [7, 11) is -3.10. The maximum atomic E-state index is 11.2. The van der Waals surface area contributed by atoms with Crippen LogP contribution in [0.3, 0.4) is 0 Å². The highest BCUT2D eigenvalue weighted by atomic mass is 79.9. The third kappa shape index (κ3) is 3.64. The molecule has 0 saturated carbocycles. The van der Waals surface area contributed by atoms with E-state index in [1.54, 1.807) is 0 Å². The molecule has 7 heteroatoms. The van der Waals surface area contributed by atoms with Gasteiger partial charge in [0.15, 0.2) is 9.84 Å². The second-order valence-corrected chi connectivity index (χ2v) is 7.26. The zero-order chi connectivity index (χ0) is 12.5. The summed E-state index contributed by atoms with van der Waals surface area (Å²) in [5.41, 5.74) is 0.874. The predicted molar refractivity (Wildman–Crippen MR) is 69.8 cm³/mol. The van der Waals surface area contributed by atoms with Gasteiger partial charge in [0.05, 0.1) is 4.47 Å². The molecule has 90 valence electrons. The Morgan fingerprint density at radius 1 is 1.50 bits per heavy atom. The van der Waals surface area contributed by atoms with Crippen molar-refractivity contribution >= 4 is 38.0 Å². The Kier molecular flexibility index (Phi) is 4.25. The first-order valence-electron chi connectivity index (χ1n) is 4.67. The van der Waals surface area contributed by atoms with Gasteiger partial charge in [0.2, 0.25) is 0 Å². The molecule has 0 fully saturated rings. The van der Waals surface area contributed by atoms with Crippen LogP contribution in [0.2, 0.25) is 0 Å². The molecule has 0 saturated heterocycles. The van der Waals surface area contributed by atoms with E-state index in [9.17, 15) is 8.42 Å². The number of aromatic nitrogens is 2. The van der Waals surface area contributed by atoms with E-state index in [1.807, 2.05) is 13.8 Å². The first kappa shape index (κ1) is 13.8. The van der Waals surface area contributed by atoms with Crippen LogP contribution < -0.4 is 0 Å². The van der Waals surface area contributed by atoms with Crippen LogP contribution in [0.25, 0.3) is 0 Å². The Morgan fingerprint density at radius 3 is 2.50 bits per heavy atom. The van der Waals surface area contributed by atoms with Crippen LogP contribution in [0.4, 0.5) is 0 Å². The minimum absolute atomic E-state index is 0.121. The maximum absolute atomic E-state index is 11.2. The average molecular weight is 325 g/mol. The Balaban J connectivity index is 3.30. The molecule has 0 aliphatic heterocycles. The van der Waals surface area contributed by atoms with Crippen LogP contribution in [0.5, 0.6) is 0 Å². The van der Waals surface area contributed by atoms with Crippen molar-refractivity contribution in [1.82, 2.24) is 9.97 Å². The summed E-state index contributed by atoms with van der Waals surface area (Å²) in [4.78, 5) is 7.04. The minimum atomic E-state index is -3.10. The Hall–Kier alpha value is -0.270. The Labute approximate surface area is 109 Å². The highest BCUT2D eigenvalue weighted by molar-refractivity contribution is 9.10. The predicted octanol–water partition coefficient (Wildman–Crippen LogP) is 2.57. The van der Waals surface area contributed by atoms with Crippen molar-refractivity contribution in [1.29, 1.82) is 0 Å². The lowest BCUT2D eigenvalue weighted by Gasteiger charge is -2.10. The SMILES string of the molecule is CC(C)c1[nH]c(CS(C)(=O)=O)nc(=S)c1Br. The number of H-pyrrole nitrogens is 1. The standard InChI is InChI=1S/C9H13BrN2O2S2/c1-5(2)8-7(10)9(15)12-6(11-8)4-16(3,13)14/h5H,4H2,1-3H3,(H,11,12,15). The molecule has 1 N–H and O–H groups in total. The van der Waals surface area contributed by atoms with E-state index in [0.717, 1.165) is 10.2 Å². The van der Waals surface area contributed by atoms with Gasteiger partial charge < -0.3 is 4.98 Å². The van der Waals surface area contributed by atoms with E-state index in [2.05, 4.69) is 25.9 Å². The summed E-state index contributed by atoms with van der Waals surface area (Å²) in [6.45, 7) is 3.99. The molecule has 4 nitrogen and oxygen atoms in total. The number of halogens is 1. The second kappa shape index (κ2) is 4.93. The Bertz CT molecular complexity index is 549. The van der Waals surface area contributed by atoms with Crippen molar-refractivity contribution in [2.75, 3.05) is 6.26 Å². The molecule has 0 atom stereocenters. The molecule has 0 bridgehead atoms. The minimum Gasteiger partial charge on any atom is -0.345 e. The van der Waals surface area contributed by atoms with Gasteiger partial charge in [-0.2, -0.15) is 0 Å². The van der Waals surface area contributed by atoms with Gasteiger partial charge in [0.25, 0.3) is 0 Å². The topological polar surface area (TPSA) is 62.8 Å². The summed E-state index contributed by atoms with van der Waals surface area (Å²) >= 11 is 8.41. The summed E-state index contributed by atoms with van der Waals surface area (Å²) in [5.74, 6) is 0.487. The van der Waals surface area contributed by atoms with Gasteiger partial charge in [0, 0.05) is 11.9 Å². The third-order valence-electron chi connectivity index (χ3n) is 1.92. The van der Waals surface area contributed by atoms with Gasteiger partial charge in [-0.3, -0.25) is 0 Å². The lowest BCUT2D eigenvalue weighted by Crippen LogP contribution is -2.08. The summed E-state index contributed by atoms with van der Waals surface area (Å²) in [6, 6.07) is 0. The van der Waals surface area contributed by atoms with Crippen LogP contribution in [-0.4, -0.2) is 24.6 Å². The highest BCUT2D eigenvalue weighted by Crippen LogP contribution is 2.23. The van der Waals surface area contributed by atoms with E-state index in [-0.39, 0.29) is 11.7 Å². The van der Waals surface area contributed by atoms with E-state index in [4.69, 9.17) is 12.2 Å². The van der Waals surface area contributed by atoms with Crippen molar-refractivity contribution in [2.45, 2.75) is 25.5 Å². The number of aromatic amines is 1. The van der Waals surface area contributed by atoms with Crippen molar-refractivity contribution < 1.29 is 8.42 Å². The number of nitrogens with zero attached hydrogens (tertiary/aromatic N) is 1. The normalized spacial score (nSPS) is 12.1. The van der Waals surface area contributed by atoms with Crippen LogP contribution >= 0.6 is 28.1 Å². The number of hydrogen-bond acceptors (Lipinski definition) is 4. The fraction of sp³-hybridized carbons (Fsp3) is 0.556. The second-order valence-electron chi connectivity index (χ2n) is 3.94. The molecule has 0 spiro atoms. The molecule has 0 unspecified atom stereocenters. The smallest absolute Gasteiger partial charge is 0.154 e. The molecular weight excluding hydrogens is 312 g/mol. The molecule has 1 heterocycles. The zero-order valence-corrected chi connectivity index (χ0v) is 12.5. The molecule has 1 aromatic heterocycles. The highest BCUT2D eigenvalue weighted by Gasteiger charge is 2.12. The van der Waals surface area contributed by atoms with E-state index in [0.29, 0.717) is 10.5 Å². The van der Waals surface area contributed by atoms with Gasteiger partial charge in [-0.1, -0.05) is 26.1 Å². The molecule has 1 rings (SSSR count). The largest absolute Gasteiger partial charge is 0.345 e. The zero-order valence-electron chi connectivity index (χ0n) is 9.24. The molecule has 16 heavy (non-hydrogen) atoms. The Morgan fingerprint density at radius 2 is 2.06 bits per heavy atom. The molecular formula is C9H13BrN2O2S2. The molecule has 0 amide bonds. The van der Waals surface area contributed by atoms with Crippen LogP contribution in [0.1, 0.15) is 31.3 Å². The monoisotopic (exact) mass is 324 g/mol. The van der Waals surface area contributed by atoms with Gasteiger partial charge >= 0.3 is 0 Å². The molecule has 0 aliphatic rings. The number of sulfone groups is 1. The number of hydrogen-bond donors (Lipinski definition) is 1. The molecule has 0 radical (unpaired) electrons. The third-order valence-corrected chi connectivity index (χ3v) is 4.07. The molecule has 1 aromatic rings. The fourth-order valence-electron chi connectivity index (χ4n) is 1.24. The fourth-order valence-corrected chi connectivity index (χ4v) is 2.74. The van der Waals surface area contributed by atoms with Crippen molar-refractivity contribution in [3.05, 3.63) is 20.6 Å². The first-order valence-corrected chi connectivity index (χ1v) is 7.93. The van der Waals surface area contributed by atoms with Gasteiger partial charge in [-0.25, -0.2) is 13.4 Å². The van der Waals surface area contributed by atoms with Crippen LogP contribution in [-0.2, 0) is 15.6 Å². The van der Waals surface area contributed by atoms with Gasteiger partial charge in [-0.15, -0.1) is 0 Å². The average Bonchev–Trinajstić information content (AvgIpc) is 2.07. The summed E-state index contributed by atoms with van der Waals surface area (Å²) in [6.07, 6.45) is 1.17. The molecule has 0 aliphatic carbocycles. The number of rotatable bonds is 3. The molecule has 0 aromatic carbocycles. The van der Waals surface area contributed by atoms with Gasteiger partial charge in [-0.05, 0) is 21.8 Å². The maximum Gasteiger partial charge on any atom is 0.154 e. The summed E-state index contributed by atoms with van der Waals surface area (Å²) in [5, 5.41) is 0. The van der Waals surface area contributed by atoms with E-state index in [1.165, 1.54) is 6.26 Å². The van der Waals surface area contributed by atoms with Crippen molar-refractivity contribution in [3.8, 4) is 0 Å². The lowest BCUT2D eigenvalue weighted by atomic mass is 10.1. The first-order chi connectivity index (χ1) is 7.20.